The van der Waals surface area contributed by atoms with Crippen LogP contribution < -0.4 is 11.1 Å². The lowest BCUT2D eigenvalue weighted by atomic mass is 10.0. The Bertz CT molecular complexity index is 505. The summed E-state index contributed by atoms with van der Waals surface area (Å²) in [5.74, 6) is 1.60. The number of anilines is 2. The molecule has 0 saturated heterocycles. The Balaban J connectivity index is 1.98. The van der Waals surface area contributed by atoms with E-state index in [4.69, 9.17) is 5.73 Å². The van der Waals surface area contributed by atoms with Gasteiger partial charge in [-0.3, -0.25) is 0 Å². The Hall–Kier alpha value is -2.10. The van der Waals surface area contributed by atoms with Crippen LogP contribution in [-0.4, -0.2) is 9.97 Å². The van der Waals surface area contributed by atoms with Crippen molar-refractivity contribution in [1.29, 1.82) is 0 Å². The zero-order valence-electron chi connectivity index (χ0n) is 10.7. The molecular weight excluding hydrogens is 224 g/mol. The molecule has 0 fully saturated rings. The van der Waals surface area contributed by atoms with Gasteiger partial charge in [-0.1, -0.05) is 38.1 Å². The minimum Gasteiger partial charge on any atom is -0.368 e. The summed E-state index contributed by atoms with van der Waals surface area (Å²) in [5.41, 5.74) is 8.09. The third-order valence-electron chi connectivity index (χ3n) is 2.79. The molecule has 3 N–H and O–H groups in total. The van der Waals surface area contributed by atoms with Gasteiger partial charge in [0.15, 0.2) is 0 Å². The minimum atomic E-state index is 0.287. The molecule has 4 nitrogen and oxygen atoms in total. The van der Waals surface area contributed by atoms with E-state index in [1.807, 2.05) is 0 Å². The summed E-state index contributed by atoms with van der Waals surface area (Å²) < 4.78 is 0. The summed E-state index contributed by atoms with van der Waals surface area (Å²) in [7, 11) is 0. The van der Waals surface area contributed by atoms with E-state index in [9.17, 15) is 0 Å². The average Bonchev–Trinajstić information content (AvgIpc) is 2.37. The van der Waals surface area contributed by atoms with Crippen molar-refractivity contribution in [3.63, 3.8) is 0 Å². The number of rotatable bonds is 4. The predicted molar refractivity (Wildman–Crippen MR) is 74.3 cm³/mol. The zero-order valence-corrected chi connectivity index (χ0v) is 10.7. The van der Waals surface area contributed by atoms with Gasteiger partial charge in [0.25, 0.3) is 0 Å². The van der Waals surface area contributed by atoms with Crippen LogP contribution in [0.2, 0.25) is 0 Å². The van der Waals surface area contributed by atoms with Crippen LogP contribution in [0, 0.1) is 0 Å². The first-order chi connectivity index (χ1) is 8.65. The first-order valence-electron chi connectivity index (χ1n) is 6.06. The molecule has 4 heteroatoms. The molecule has 18 heavy (non-hydrogen) atoms. The molecule has 0 aliphatic heterocycles. The van der Waals surface area contributed by atoms with Gasteiger partial charge in [0.05, 0.1) is 0 Å². The van der Waals surface area contributed by atoms with Crippen molar-refractivity contribution in [3.05, 3.63) is 47.7 Å². The van der Waals surface area contributed by atoms with Gasteiger partial charge in [-0.25, -0.2) is 4.98 Å². The lowest BCUT2D eigenvalue weighted by Gasteiger charge is -2.08. The van der Waals surface area contributed by atoms with Crippen molar-refractivity contribution in [2.75, 3.05) is 11.1 Å². The van der Waals surface area contributed by atoms with Gasteiger partial charge in [0, 0.05) is 12.7 Å². The number of hydrogen-bond acceptors (Lipinski definition) is 4. The largest absolute Gasteiger partial charge is 0.368 e. The van der Waals surface area contributed by atoms with E-state index in [1.54, 1.807) is 12.3 Å². The van der Waals surface area contributed by atoms with Crippen molar-refractivity contribution in [2.24, 2.45) is 0 Å². The monoisotopic (exact) mass is 242 g/mol. The van der Waals surface area contributed by atoms with Crippen molar-refractivity contribution in [2.45, 2.75) is 26.3 Å². The molecule has 0 saturated carbocycles. The highest BCUT2D eigenvalue weighted by molar-refractivity contribution is 5.38. The molecule has 1 aromatic carbocycles. The highest BCUT2D eigenvalue weighted by Gasteiger charge is 2.00. The molecule has 0 atom stereocenters. The molecule has 1 aromatic heterocycles. The van der Waals surface area contributed by atoms with Crippen molar-refractivity contribution < 1.29 is 0 Å². The summed E-state index contributed by atoms with van der Waals surface area (Å²) in [5, 5.41) is 3.22. The molecule has 2 rings (SSSR count). The van der Waals surface area contributed by atoms with Crippen molar-refractivity contribution in [3.8, 4) is 0 Å². The highest BCUT2D eigenvalue weighted by atomic mass is 15.1. The first-order valence-corrected chi connectivity index (χ1v) is 6.06. The van der Waals surface area contributed by atoms with Gasteiger partial charge in [-0.15, -0.1) is 0 Å². The van der Waals surface area contributed by atoms with Crippen molar-refractivity contribution in [1.82, 2.24) is 9.97 Å². The fourth-order valence-corrected chi connectivity index (χ4v) is 1.69. The van der Waals surface area contributed by atoms with Crippen LogP contribution >= 0.6 is 0 Å². The van der Waals surface area contributed by atoms with E-state index in [0.29, 0.717) is 5.92 Å². The van der Waals surface area contributed by atoms with Crippen LogP contribution in [0.25, 0.3) is 0 Å². The fraction of sp³-hybridized carbons (Fsp3) is 0.286. The normalized spacial score (nSPS) is 10.6. The topological polar surface area (TPSA) is 63.8 Å². The molecule has 0 radical (unpaired) electrons. The van der Waals surface area contributed by atoms with E-state index >= 15 is 0 Å². The summed E-state index contributed by atoms with van der Waals surface area (Å²) in [6.45, 7) is 5.11. The van der Waals surface area contributed by atoms with Crippen LogP contribution in [-0.2, 0) is 6.54 Å². The van der Waals surface area contributed by atoms with Crippen LogP contribution in [0.4, 0.5) is 11.8 Å². The van der Waals surface area contributed by atoms with E-state index in [1.165, 1.54) is 11.1 Å². The van der Waals surface area contributed by atoms with Gasteiger partial charge >= 0.3 is 0 Å². The number of nitrogens with one attached hydrogen (secondary N) is 1. The van der Waals surface area contributed by atoms with Crippen LogP contribution in [0.15, 0.2) is 36.5 Å². The fourth-order valence-electron chi connectivity index (χ4n) is 1.69. The number of nitrogen functional groups attached to an aromatic ring is 1. The van der Waals surface area contributed by atoms with E-state index < -0.39 is 0 Å². The first kappa shape index (κ1) is 12.4. The number of aromatic nitrogens is 2. The highest BCUT2D eigenvalue weighted by Crippen LogP contribution is 2.15. The molecule has 0 amide bonds. The molecule has 0 aliphatic rings. The SMILES string of the molecule is CC(C)c1ccc(CNc2ccnc(N)n2)cc1. The van der Waals surface area contributed by atoms with Crippen LogP contribution in [0.5, 0.6) is 0 Å². The van der Waals surface area contributed by atoms with Gasteiger partial charge in [0.1, 0.15) is 5.82 Å². The molecular formula is C14H18N4. The minimum absolute atomic E-state index is 0.287. The maximum Gasteiger partial charge on any atom is 0.221 e. The van der Waals surface area contributed by atoms with Gasteiger partial charge in [-0.05, 0) is 23.1 Å². The third kappa shape index (κ3) is 3.20. The third-order valence-corrected chi connectivity index (χ3v) is 2.79. The average molecular weight is 242 g/mol. The molecule has 0 unspecified atom stereocenters. The maximum atomic E-state index is 5.52. The predicted octanol–water partition coefficient (Wildman–Crippen LogP) is 2.79. The number of nitrogens with two attached hydrogens (primary N) is 1. The summed E-state index contributed by atoms with van der Waals surface area (Å²) >= 11 is 0. The number of nitrogens with zero attached hydrogens (tertiary/aromatic N) is 2. The Morgan fingerprint density at radius 1 is 1.17 bits per heavy atom. The Labute approximate surface area is 107 Å². The summed E-state index contributed by atoms with van der Waals surface area (Å²) in [6, 6.07) is 10.4. The van der Waals surface area contributed by atoms with Gasteiger partial charge < -0.3 is 11.1 Å². The molecule has 1 heterocycles. The van der Waals surface area contributed by atoms with E-state index in [0.717, 1.165) is 12.4 Å². The molecule has 0 bridgehead atoms. The van der Waals surface area contributed by atoms with Gasteiger partial charge in [0.2, 0.25) is 5.95 Å². The Kier molecular flexibility index (Phi) is 3.77. The van der Waals surface area contributed by atoms with Crippen molar-refractivity contribution >= 4 is 11.8 Å². The molecule has 0 aliphatic carbocycles. The molecule has 94 valence electrons. The maximum absolute atomic E-state index is 5.52. The second kappa shape index (κ2) is 5.49. The molecule has 2 aromatic rings. The summed E-state index contributed by atoms with van der Waals surface area (Å²) in [6.07, 6.45) is 1.65. The smallest absolute Gasteiger partial charge is 0.221 e. The van der Waals surface area contributed by atoms with Crippen LogP contribution in [0.3, 0.4) is 0 Å². The lowest BCUT2D eigenvalue weighted by Crippen LogP contribution is -2.03. The van der Waals surface area contributed by atoms with E-state index in [2.05, 4.69) is 53.4 Å². The quantitative estimate of drug-likeness (QED) is 0.865. The molecule has 0 spiro atoms. The number of benzene rings is 1. The van der Waals surface area contributed by atoms with Gasteiger partial charge in [-0.2, -0.15) is 4.98 Å². The lowest BCUT2D eigenvalue weighted by molar-refractivity contribution is 0.865. The Morgan fingerprint density at radius 3 is 2.50 bits per heavy atom. The standard InChI is InChI=1S/C14H18N4/c1-10(2)12-5-3-11(4-6-12)9-17-13-7-8-16-14(15)18-13/h3-8,10H,9H2,1-2H3,(H3,15,16,17,18). The second-order valence-corrected chi connectivity index (χ2v) is 4.55. The number of hydrogen-bond donors (Lipinski definition) is 2. The summed E-state index contributed by atoms with van der Waals surface area (Å²) in [4.78, 5) is 7.94. The van der Waals surface area contributed by atoms with E-state index in [-0.39, 0.29) is 5.95 Å². The second-order valence-electron chi connectivity index (χ2n) is 4.55. The zero-order chi connectivity index (χ0) is 13.0. The van der Waals surface area contributed by atoms with Crippen LogP contribution in [0.1, 0.15) is 30.9 Å². The Morgan fingerprint density at radius 2 is 1.89 bits per heavy atom.